The summed E-state index contributed by atoms with van der Waals surface area (Å²) in [4.78, 5) is 28.5. The fourth-order valence-corrected chi connectivity index (χ4v) is 6.51. The molecule has 10 heteroatoms. The van der Waals surface area contributed by atoms with Gasteiger partial charge in [0.25, 0.3) is 8.53 Å². The van der Waals surface area contributed by atoms with E-state index >= 15 is 0 Å². The molecule has 0 saturated carbocycles. The molecule has 3 aliphatic heterocycles. The minimum absolute atomic E-state index is 0.169. The van der Waals surface area contributed by atoms with Gasteiger partial charge >= 0.3 is 5.69 Å². The van der Waals surface area contributed by atoms with Crippen molar-refractivity contribution in [3.8, 4) is 12.3 Å². The molecular formula is C22H31N4O5P. The van der Waals surface area contributed by atoms with Gasteiger partial charge in [0, 0.05) is 25.1 Å². The predicted molar refractivity (Wildman–Crippen MR) is 121 cm³/mol. The standard InChI is InChI=1S/C22H31N4O5P/c1-6-15-16(30-32-26-11-8-9-17(26)22(5,7-2)31-32)13-19(29-15)25-12-10-18(24-21(25)28)23-20(27)14(3)4/h2,10,12,14-17,19H,6,8-9,11,13H2,1,3-5H3,(H,23,24,27,28)/t15-,16?,17+,19-,22-,32-/m1/s1. The molecule has 3 saturated heterocycles. The molecule has 32 heavy (non-hydrogen) atoms. The molecular weight excluding hydrogens is 431 g/mol. The van der Waals surface area contributed by atoms with E-state index in [-0.39, 0.29) is 35.9 Å². The van der Waals surface area contributed by atoms with Crippen molar-refractivity contribution in [1.29, 1.82) is 0 Å². The van der Waals surface area contributed by atoms with Crippen LogP contribution in [0.15, 0.2) is 17.1 Å². The van der Waals surface area contributed by atoms with Crippen LogP contribution >= 0.6 is 8.53 Å². The van der Waals surface area contributed by atoms with Crippen molar-refractivity contribution in [1.82, 2.24) is 14.2 Å². The van der Waals surface area contributed by atoms with Gasteiger partial charge in [-0.1, -0.05) is 26.7 Å². The second kappa shape index (κ2) is 9.20. The van der Waals surface area contributed by atoms with Crippen molar-refractivity contribution in [3.05, 3.63) is 22.7 Å². The number of nitrogens with zero attached hydrogens (tertiary/aromatic N) is 3. The number of hydrogen-bond acceptors (Lipinski definition) is 7. The highest BCUT2D eigenvalue weighted by molar-refractivity contribution is 7.45. The average molecular weight is 462 g/mol. The highest BCUT2D eigenvalue weighted by atomic mass is 31.2. The Hall–Kier alpha value is -1.82. The van der Waals surface area contributed by atoms with Gasteiger partial charge in [0.15, 0.2) is 0 Å². The van der Waals surface area contributed by atoms with Crippen molar-refractivity contribution in [2.75, 3.05) is 11.9 Å². The van der Waals surface area contributed by atoms with Gasteiger partial charge in [0.05, 0.1) is 18.2 Å². The normalized spacial score (nSPS) is 34.6. The summed E-state index contributed by atoms with van der Waals surface area (Å²) in [6.07, 6.45) is 9.83. The van der Waals surface area contributed by atoms with E-state index in [0.29, 0.717) is 6.42 Å². The van der Waals surface area contributed by atoms with Crippen LogP contribution in [-0.4, -0.2) is 50.5 Å². The first-order valence-corrected chi connectivity index (χ1v) is 12.3. The maximum Gasteiger partial charge on any atom is 0.351 e. The molecule has 1 aromatic rings. The van der Waals surface area contributed by atoms with Crippen molar-refractivity contribution in [3.63, 3.8) is 0 Å². The van der Waals surface area contributed by atoms with Crippen LogP contribution in [0, 0.1) is 18.3 Å². The van der Waals surface area contributed by atoms with Gasteiger partial charge in [-0.3, -0.25) is 9.36 Å². The van der Waals surface area contributed by atoms with Crippen LogP contribution in [0.1, 0.15) is 59.6 Å². The number of nitrogens with one attached hydrogen (secondary N) is 1. The van der Waals surface area contributed by atoms with Gasteiger partial charge in [0.1, 0.15) is 17.6 Å². The number of rotatable bonds is 6. The third kappa shape index (κ3) is 4.35. The summed E-state index contributed by atoms with van der Waals surface area (Å²) in [7, 11) is -1.28. The zero-order valence-electron chi connectivity index (χ0n) is 19.0. The van der Waals surface area contributed by atoms with E-state index in [1.54, 1.807) is 26.1 Å². The van der Waals surface area contributed by atoms with Gasteiger partial charge in [-0.15, -0.1) is 6.42 Å². The molecule has 4 heterocycles. The lowest BCUT2D eigenvalue weighted by molar-refractivity contribution is -0.118. The second-order valence-electron chi connectivity index (χ2n) is 8.97. The average Bonchev–Trinajstić information content (AvgIpc) is 3.45. The Bertz CT molecular complexity index is 962. The Morgan fingerprint density at radius 1 is 1.53 bits per heavy atom. The number of aromatic nitrogens is 2. The zero-order valence-corrected chi connectivity index (χ0v) is 19.9. The van der Waals surface area contributed by atoms with E-state index in [9.17, 15) is 9.59 Å². The van der Waals surface area contributed by atoms with Crippen LogP contribution in [-0.2, 0) is 18.6 Å². The molecule has 1 unspecified atom stereocenters. The van der Waals surface area contributed by atoms with Crippen molar-refractivity contribution < 1.29 is 18.6 Å². The first-order valence-electron chi connectivity index (χ1n) is 11.2. The van der Waals surface area contributed by atoms with E-state index in [2.05, 4.69) is 20.9 Å². The number of hydrogen-bond donors (Lipinski definition) is 1. The van der Waals surface area contributed by atoms with Crippen LogP contribution < -0.4 is 11.0 Å². The molecule has 1 N–H and O–H groups in total. The first kappa shape index (κ1) is 23.3. The maximum absolute atomic E-state index is 12.6. The number of carbonyl (C=O) groups is 1. The number of anilines is 1. The Morgan fingerprint density at radius 3 is 2.97 bits per heavy atom. The first-order chi connectivity index (χ1) is 15.3. The zero-order chi connectivity index (χ0) is 23.0. The van der Waals surface area contributed by atoms with Crippen LogP contribution in [0.2, 0.25) is 0 Å². The lowest BCUT2D eigenvalue weighted by Gasteiger charge is -2.24. The highest BCUT2D eigenvalue weighted by Crippen LogP contribution is 2.61. The monoisotopic (exact) mass is 462 g/mol. The van der Waals surface area contributed by atoms with E-state index in [1.807, 2.05) is 13.8 Å². The van der Waals surface area contributed by atoms with E-state index in [1.165, 1.54) is 4.57 Å². The van der Waals surface area contributed by atoms with Crippen LogP contribution in [0.3, 0.4) is 0 Å². The number of ether oxygens (including phenoxy) is 1. The van der Waals surface area contributed by atoms with Gasteiger partial charge in [-0.2, -0.15) is 4.98 Å². The lowest BCUT2D eigenvalue weighted by Crippen LogP contribution is -2.37. The Balaban J connectivity index is 1.46. The topological polar surface area (TPSA) is 94.9 Å². The largest absolute Gasteiger partial charge is 0.352 e. The number of carbonyl (C=O) groups excluding carboxylic acids is 1. The predicted octanol–water partition coefficient (Wildman–Crippen LogP) is 3.03. The molecule has 0 aromatic carbocycles. The molecule has 1 amide bonds. The van der Waals surface area contributed by atoms with E-state index < -0.39 is 26.0 Å². The summed E-state index contributed by atoms with van der Waals surface area (Å²) in [5.41, 5.74) is -1.12. The molecule has 174 valence electrons. The van der Waals surface area contributed by atoms with Gasteiger partial charge in [-0.25, -0.2) is 9.46 Å². The van der Waals surface area contributed by atoms with Crippen molar-refractivity contribution in [2.24, 2.45) is 5.92 Å². The molecule has 0 aliphatic carbocycles. The molecule has 0 radical (unpaired) electrons. The molecule has 0 spiro atoms. The fourth-order valence-electron chi connectivity index (χ4n) is 4.42. The smallest absolute Gasteiger partial charge is 0.351 e. The summed E-state index contributed by atoms with van der Waals surface area (Å²) in [6, 6.07) is 1.79. The summed E-state index contributed by atoms with van der Waals surface area (Å²) in [5.74, 6) is 2.66. The van der Waals surface area contributed by atoms with Gasteiger partial charge in [0.2, 0.25) is 5.91 Å². The van der Waals surface area contributed by atoms with E-state index in [0.717, 1.165) is 25.8 Å². The Labute approximate surface area is 189 Å². The number of fused-ring (bicyclic) bond motifs is 1. The minimum atomic E-state index is -1.28. The van der Waals surface area contributed by atoms with Crippen molar-refractivity contribution in [2.45, 2.75) is 83.5 Å². The summed E-state index contributed by atoms with van der Waals surface area (Å²) < 4.78 is 22.5. The molecule has 3 aliphatic rings. The van der Waals surface area contributed by atoms with E-state index in [4.69, 9.17) is 20.2 Å². The summed E-state index contributed by atoms with van der Waals surface area (Å²) >= 11 is 0. The number of terminal acetylenes is 1. The number of amides is 1. The molecule has 9 nitrogen and oxygen atoms in total. The minimum Gasteiger partial charge on any atom is -0.352 e. The quantitative estimate of drug-likeness (QED) is 0.513. The van der Waals surface area contributed by atoms with Crippen molar-refractivity contribution >= 4 is 20.3 Å². The highest BCUT2D eigenvalue weighted by Gasteiger charge is 2.54. The summed E-state index contributed by atoms with van der Waals surface area (Å²) in [6.45, 7) is 8.45. The molecule has 3 fully saturated rings. The van der Waals surface area contributed by atoms with Crippen LogP contribution in [0.4, 0.5) is 5.82 Å². The lowest BCUT2D eigenvalue weighted by atomic mass is 9.96. The van der Waals surface area contributed by atoms with Gasteiger partial charge < -0.3 is 19.1 Å². The second-order valence-corrected chi connectivity index (χ2v) is 10.3. The third-order valence-corrected chi connectivity index (χ3v) is 8.23. The molecule has 6 atom stereocenters. The molecule has 4 rings (SSSR count). The van der Waals surface area contributed by atoms with Gasteiger partial charge in [-0.05, 0) is 32.3 Å². The Morgan fingerprint density at radius 2 is 2.31 bits per heavy atom. The Kier molecular flexibility index (Phi) is 6.71. The van der Waals surface area contributed by atoms with Crippen LogP contribution in [0.25, 0.3) is 0 Å². The maximum atomic E-state index is 12.6. The molecule has 1 aromatic heterocycles. The third-order valence-electron chi connectivity index (χ3n) is 6.35. The fraction of sp³-hybridized carbons (Fsp3) is 0.682. The summed E-state index contributed by atoms with van der Waals surface area (Å²) in [5, 5.41) is 2.65. The SMILES string of the molecule is C#C[C@@]1(C)O[P@@](OC2C[C@H](n3ccc(NC(=O)C(C)C)nc3=O)O[C@@H]2CC)N2CCC[C@H]21. The molecule has 0 bridgehead atoms. The van der Waals surface area contributed by atoms with Crippen LogP contribution in [0.5, 0.6) is 0 Å².